The van der Waals surface area contributed by atoms with Crippen LogP contribution in [0.25, 0.3) is 0 Å². The van der Waals surface area contributed by atoms with Gasteiger partial charge in [0.05, 0.1) is 0 Å². The second-order valence-electron chi connectivity index (χ2n) is 7.79. The minimum atomic E-state index is -0.445. The molecule has 0 spiro atoms. The van der Waals surface area contributed by atoms with Gasteiger partial charge in [0.2, 0.25) is 0 Å². The van der Waals surface area contributed by atoms with Crippen LogP contribution in [0, 0.1) is 3.57 Å². The van der Waals surface area contributed by atoms with Gasteiger partial charge in [-0.1, -0.05) is 6.07 Å². The number of hydrogen-bond donors (Lipinski definition) is 0. The summed E-state index contributed by atoms with van der Waals surface area (Å²) in [5.41, 5.74) is -0.445. The Morgan fingerprint density at radius 3 is 2.46 bits per heavy atom. The average Bonchev–Trinajstić information content (AvgIpc) is 2.44. The van der Waals surface area contributed by atoms with Crippen LogP contribution in [0.15, 0.2) is 24.3 Å². The number of amides is 1. The fourth-order valence-electron chi connectivity index (χ4n) is 3.77. The Labute approximate surface area is 158 Å². The maximum Gasteiger partial charge on any atom is 0.410 e. The highest BCUT2D eigenvalue weighted by atomic mass is 127. The van der Waals surface area contributed by atoms with Crippen LogP contribution in [-0.2, 0) is 4.74 Å². The van der Waals surface area contributed by atoms with Crippen molar-refractivity contribution in [2.45, 2.75) is 76.7 Å². The summed E-state index contributed by atoms with van der Waals surface area (Å²) in [7, 11) is 0. The Morgan fingerprint density at radius 1 is 1.21 bits per heavy atom. The molecule has 3 rings (SSSR count). The fourth-order valence-corrected chi connectivity index (χ4v) is 4.29. The molecule has 2 fully saturated rings. The maximum atomic E-state index is 12.6. The topological polar surface area (TPSA) is 38.8 Å². The van der Waals surface area contributed by atoms with E-state index in [0.29, 0.717) is 0 Å². The van der Waals surface area contributed by atoms with E-state index in [1.165, 1.54) is 9.99 Å². The molecule has 1 aromatic rings. The van der Waals surface area contributed by atoms with E-state index >= 15 is 0 Å². The Kier molecular flexibility index (Phi) is 5.27. The first kappa shape index (κ1) is 17.8. The lowest BCUT2D eigenvalue weighted by atomic mass is 9.83. The number of carbonyl (C=O) groups is 1. The summed E-state index contributed by atoms with van der Waals surface area (Å²) in [6, 6.07) is 8.63. The summed E-state index contributed by atoms with van der Waals surface area (Å²) in [6.45, 7) is 5.77. The number of ether oxygens (including phenoxy) is 2. The molecular weight excluding hydrogens is 417 g/mol. The van der Waals surface area contributed by atoms with Crippen LogP contribution < -0.4 is 4.74 Å². The molecule has 24 heavy (non-hydrogen) atoms. The van der Waals surface area contributed by atoms with Gasteiger partial charge >= 0.3 is 6.09 Å². The van der Waals surface area contributed by atoms with Gasteiger partial charge in [-0.25, -0.2) is 4.79 Å². The van der Waals surface area contributed by atoms with Crippen molar-refractivity contribution in [2.24, 2.45) is 0 Å². The zero-order valence-electron chi connectivity index (χ0n) is 14.6. The lowest BCUT2D eigenvalue weighted by molar-refractivity contribution is -0.0406. The molecule has 0 saturated carbocycles. The highest BCUT2D eigenvalue weighted by molar-refractivity contribution is 14.1. The van der Waals surface area contributed by atoms with E-state index in [1.54, 1.807) is 0 Å². The van der Waals surface area contributed by atoms with Gasteiger partial charge in [-0.05, 0) is 80.8 Å². The van der Waals surface area contributed by atoms with Crippen LogP contribution in [0.2, 0.25) is 0 Å². The third-order valence-corrected chi connectivity index (χ3v) is 5.31. The van der Waals surface area contributed by atoms with Crippen molar-refractivity contribution in [2.75, 3.05) is 0 Å². The minimum absolute atomic E-state index is 0.162. The van der Waals surface area contributed by atoms with E-state index < -0.39 is 5.60 Å². The van der Waals surface area contributed by atoms with Crippen molar-refractivity contribution in [3.8, 4) is 5.75 Å². The van der Waals surface area contributed by atoms with Crippen molar-refractivity contribution in [1.29, 1.82) is 0 Å². The smallest absolute Gasteiger partial charge is 0.410 e. The SMILES string of the molecule is CC(C)(C)OC(=O)N1[C@@H]2CCC[C@H]1C[C@H](Oc1cccc(I)c1)C2. The molecule has 1 amide bonds. The normalized spacial score (nSPS) is 26.8. The molecular formula is C19H26INO3. The van der Waals surface area contributed by atoms with Crippen LogP contribution in [0.1, 0.15) is 52.9 Å². The molecule has 0 N–H and O–H groups in total. The molecule has 2 bridgehead atoms. The molecule has 5 heteroatoms. The van der Waals surface area contributed by atoms with Crippen molar-refractivity contribution in [3.63, 3.8) is 0 Å². The Balaban J connectivity index is 1.68. The molecule has 1 aromatic carbocycles. The number of piperidine rings is 2. The van der Waals surface area contributed by atoms with Crippen molar-refractivity contribution < 1.29 is 14.3 Å². The quantitative estimate of drug-likeness (QED) is 0.605. The number of carbonyl (C=O) groups excluding carboxylic acids is 1. The van der Waals surface area contributed by atoms with E-state index in [4.69, 9.17) is 9.47 Å². The molecule has 0 aliphatic carbocycles. The van der Waals surface area contributed by atoms with E-state index in [9.17, 15) is 4.79 Å². The van der Waals surface area contributed by atoms with Gasteiger partial charge in [0.15, 0.2) is 0 Å². The number of halogens is 1. The van der Waals surface area contributed by atoms with Crippen molar-refractivity contribution in [1.82, 2.24) is 4.90 Å². The second kappa shape index (κ2) is 7.10. The average molecular weight is 443 g/mol. The predicted molar refractivity (Wildman–Crippen MR) is 102 cm³/mol. The van der Waals surface area contributed by atoms with E-state index in [0.717, 1.165) is 31.4 Å². The first-order valence-electron chi connectivity index (χ1n) is 8.75. The van der Waals surface area contributed by atoms with Crippen LogP contribution in [0.5, 0.6) is 5.75 Å². The molecule has 0 unspecified atom stereocenters. The predicted octanol–water partition coefficient (Wildman–Crippen LogP) is 4.99. The van der Waals surface area contributed by atoms with Gasteiger partial charge in [0, 0.05) is 28.5 Å². The van der Waals surface area contributed by atoms with Crippen molar-refractivity contribution >= 4 is 28.7 Å². The highest BCUT2D eigenvalue weighted by Gasteiger charge is 2.43. The van der Waals surface area contributed by atoms with Crippen LogP contribution in [0.4, 0.5) is 4.79 Å². The fraction of sp³-hybridized carbons (Fsp3) is 0.632. The van der Waals surface area contributed by atoms with Gasteiger partial charge < -0.3 is 14.4 Å². The summed E-state index contributed by atoms with van der Waals surface area (Å²) in [6.07, 6.45) is 5.07. The Bertz CT molecular complexity index is 585. The minimum Gasteiger partial charge on any atom is -0.490 e. The third-order valence-electron chi connectivity index (χ3n) is 4.63. The van der Waals surface area contributed by atoms with Crippen molar-refractivity contribution in [3.05, 3.63) is 27.8 Å². The standard InChI is InChI=1S/C19H26INO3/c1-19(2,3)24-18(22)21-14-7-5-8-15(21)12-17(11-14)23-16-9-4-6-13(20)10-16/h4,6,9-10,14-15,17H,5,7-8,11-12H2,1-3H3/t14-,15+,17-. The first-order valence-corrected chi connectivity index (χ1v) is 9.83. The molecule has 2 aliphatic rings. The lowest BCUT2D eigenvalue weighted by Crippen LogP contribution is -2.57. The third kappa shape index (κ3) is 4.35. The molecule has 2 aliphatic heterocycles. The molecule has 132 valence electrons. The van der Waals surface area contributed by atoms with Crippen LogP contribution in [0.3, 0.4) is 0 Å². The highest BCUT2D eigenvalue weighted by Crippen LogP contribution is 2.36. The summed E-state index contributed by atoms with van der Waals surface area (Å²) in [5.74, 6) is 0.927. The van der Waals surface area contributed by atoms with E-state index in [-0.39, 0.29) is 24.3 Å². The van der Waals surface area contributed by atoms with E-state index in [2.05, 4.69) is 34.7 Å². The lowest BCUT2D eigenvalue weighted by Gasteiger charge is -2.48. The van der Waals surface area contributed by atoms with Gasteiger partial charge in [-0.2, -0.15) is 0 Å². The molecule has 2 saturated heterocycles. The van der Waals surface area contributed by atoms with Gasteiger partial charge in [0.25, 0.3) is 0 Å². The zero-order valence-corrected chi connectivity index (χ0v) is 16.8. The van der Waals surface area contributed by atoms with Gasteiger partial charge in [-0.3, -0.25) is 0 Å². The van der Waals surface area contributed by atoms with E-state index in [1.807, 2.05) is 37.8 Å². The number of nitrogens with zero attached hydrogens (tertiary/aromatic N) is 1. The number of hydrogen-bond acceptors (Lipinski definition) is 3. The molecule has 0 aromatic heterocycles. The van der Waals surface area contributed by atoms with Gasteiger partial charge in [0.1, 0.15) is 17.5 Å². The molecule has 4 nitrogen and oxygen atoms in total. The summed E-state index contributed by atoms with van der Waals surface area (Å²) >= 11 is 2.30. The Morgan fingerprint density at radius 2 is 1.88 bits per heavy atom. The number of benzene rings is 1. The number of fused-ring (bicyclic) bond motifs is 2. The molecule has 2 heterocycles. The summed E-state index contributed by atoms with van der Waals surface area (Å²) < 4.78 is 13.0. The van der Waals surface area contributed by atoms with Gasteiger partial charge in [-0.15, -0.1) is 0 Å². The zero-order chi connectivity index (χ0) is 17.3. The summed E-state index contributed by atoms with van der Waals surface area (Å²) in [4.78, 5) is 14.6. The maximum absolute atomic E-state index is 12.6. The van der Waals surface area contributed by atoms with Crippen LogP contribution in [-0.4, -0.2) is 34.8 Å². The summed E-state index contributed by atoms with van der Waals surface area (Å²) in [5, 5.41) is 0. The largest absolute Gasteiger partial charge is 0.490 e. The first-order chi connectivity index (χ1) is 11.3. The molecule has 0 radical (unpaired) electrons. The number of rotatable bonds is 2. The monoisotopic (exact) mass is 443 g/mol. The molecule has 3 atom stereocenters. The Hall–Kier alpha value is -0.980. The second-order valence-corrected chi connectivity index (χ2v) is 9.04. The van der Waals surface area contributed by atoms with Crippen LogP contribution >= 0.6 is 22.6 Å².